The first kappa shape index (κ1) is 15.6. The lowest BCUT2D eigenvalue weighted by molar-refractivity contribution is -0.157. The highest BCUT2D eigenvalue weighted by Gasteiger charge is 2.25. The van der Waals surface area contributed by atoms with E-state index >= 15 is 0 Å². The molecule has 0 radical (unpaired) electrons. The average Bonchev–Trinajstić information content (AvgIpc) is 2.50. The minimum Gasteiger partial charge on any atom is -0.452 e. The molecule has 0 saturated carbocycles. The standard InChI is InChI=1S/C16H18ClNO3/c1-11(21-16(20)12-7-3-2-4-8-12)15(19)18-14-10-6-5-9-13(14)17/h2-3,5-6,9-12H,4,7-8H2,1H3,(H,18,19)/t11-,12-/m0/s1. The Bertz CT molecular complexity index is 556. The van der Waals surface area contributed by atoms with Gasteiger partial charge in [0.2, 0.25) is 0 Å². The van der Waals surface area contributed by atoms with E-state index in [1.807, 2.05) is 6.08 Å². The fraction of sp³-hybridized carbons (Fsp3) is 0.375. The van der Waals surface area contributed by atoms with E-state index < -0.39 is 6.10 Å². The second kappa shape index (κ2) is 7.27. The smallest absolute Gasteiger partial charge is 0.310 e. The minimum atomic E-state index is -0.848. The molecule has 112 valence electrons. The molecule has 4 nitrogen and oxygen atoms in total. The van der Waals surface area contributed by atoms with Crippen molar-refractivity contribution in [2.75, 3.05) is 5.32 Å². The molecule has 1 aliphatic rings. The van der Waals surface area contributed by atoms with E-state index in [1.54, 1.807) is 31.2 Å². The van der Waals surface area contributed by atoms with Crippen molar-refractivity contribution in [2.24, 2.45) is 5.92 Å². The van der Waals surface area contributed by atoms with Crippen molar-refractivity contribution >= 4 is 29.2 Å². The zero-order chi connectivity index (χ0) is 15.2. The predicted octanol–water partition coefficient (Wildman–Crippen LogP) is 3.57. The number of hydrogen-bond acceptors (Lipinski definition) is 3. The fourth-order valence-electron chi connectivity index (χ4n) is 2.13. The van der Waals surface area contributed by atoms with Gasteiger partial charge in [-0.25, -0.2) is 0 Å². The molecule has 0 unspecified atom stereocenters. The topological polar surface area (TPSA) is 55.4 Å². The molecule has 1 N–H and O–H groups in total. The van der Waals surface area contributed by atoms with Crippen LogP contribution in [0.1, 0.15) is 26.2 Å². The number of rotatable bonds is 4. The summed E-state index contributed by atoms with van der Waals surface area (Å²) >= 11 is 5.97. The van der Waals surface area contributed by atoms with Crippen LogP contribution < -0.4 is 5.32 Å². The van der Waals surface area contributed by atoms with Gasteiger partial charge in [-0.1, -0.05) is 35.9 Å². The molecule has 0 fully saturated rings. The first-order valence-corrected chi connectivity index (χ1v) is 7.36. The lowest BCUT2D eigenvalue weighted by atomic mass is 9.95. The third-order valence-electron chi connectivity index (χ3n) is 3.40. The summed E-state index contributed by atoms with van der Waals surface area (Å²) in [4.78, 5) is 24.0. The number of carbonyl (C=O) groups is 2. The molecule has 0 spiro atoms. The zero-order valence-electron chi connectivity index (χ0n) is 11.8. The number of ether oxygens (including phenoxy) is 1. The Morgan fingerprint density at radius 1 is 1.33 bits per heavy atom. The monoisotopic (exact) mass is 307 g/mol. The molecule has 0 aliphatic heterocycles. The Kier molecular flexibility index (Phi) is 5.39. The van der Waals surface area contributed by atoms with E-state index in [2.05, 4.69) is 11.4 Å². The molecule has 0 bridgehead atoms. The normalized spacial score (nSPS) is 18.9. The van der Waals surface area contributed by atoms with Gasteiger partial charge in [-0.05, 0) is 38.3 Å². The van der Waals surface area contributed by atoms with Gasteiger partial charge in [-0.2, -0.15) is 0 Å². The highest BCUT2D eigenvalue weighted by molar-refractivity contribution is 6.33. The second-order valence-corrected chi connectivity index (χ2v) is 5.44. The number of amides is 1. The predicted molar refractivity (Wildman–Crippen MR) is 82.1 cm³/mol. The average molecular weight is 308 g/mol. The third kappa shape index (κ3) is 4.33. The Hall–Kier alpha value is -1.81. The first-order chi connectivity index (χ1) is 10.1. The number of halogens is 1. The van der Waals surface area contributed by atoms with Crippen LogP contribution in [0.4, 0.5) is 5.69 Å². The molecule has 0 saturated heterocycles. The maximum Gasteiger partial charge on any atom is 0.310 e. The van der Waals surface area contributed by atoms with Crippen molar-refractivity contribution in [1.29, 1.82) is 0 Å². The first-order valence-electron chi connectivity index (χ1n) is 6.99. The van der Waals surface area contributed by atoms with Crippen LogP contribution in [-0.4, -0.2) is 18.0 Å². The number of hydrogen-bond donors (Lipinski definition) is 1. The summed E-state index contributed by atoms with van der Waals surface area (Å²) < 4.78 is 5.24. The summed E-state index contributed by atoms with van der Waals surface area (Å²) in [6, 6.07) is 6.92. The van der Waals surface area contributed by atoms with Gasteiger partial charge in [-0.15, -0.1) is 0 Å². The molecule has 1 aromatic carbocycles. The van der Waals surface area contributed by atoms with Gasteiger partial charge >= 0.3 is 5.97 Å². The van der Waals surface area contributed by atoms with Crippen molar-refractivity contribution in [3.8, 4) is 0 Å². The van der Waals surface area contributed by atoms with Crippen LogP contribution in [0.5, 0.6) is 0 Å². The van der Waals surface area contributed by atoms with Gasteiger partial charge in [0.25, 0.3) is 5.91 Å². The molecule has 5 heteroatoms. The van der Waals surface area contributed by atoms with Crippen molar-refractivity contribution in [3.05, 3.63) is 41.4 Å². The van der Waals surface area contributed by atoms with E-state index in [-0.39, 0.29) is 17.8 Å². The van der Waals surface area contributed by atoms with E-state index in [1.165, 1.54) is 0 Å². The van der Waals surface area contributed by atoms with Gasteiger partial charge in [0.05, 0.1) is 16.6 Å². The van der Waals surface area contributed by atoms with Crippen LogP contribution in [-0.2, 0) is 14.3 Å². The Labute approximate surface area is 129 Å². The lowest BCUT2D eigenvalue weighted by Gasteiger charge is -2.19. The lowest BCUT2D eigenvalue weighted by Crippen LogP contribution is -2.32. The van der Waals surface area contributed by atoms with E-state index in [4.69, 9.17) is 16.3 Å². The molecule has 0 heterocycles. The van der Waals surface area contributed by atoms with Crippen molar-refractivity contribution in [3.63, 3.8) is 0 Å². The van der Waals surface area contributed by atoms with Gasteiger partial charge in [0.1, 0.15) is 0 Å². The van der Waals surface area contributed by atoms with Crippen LogP contribution >= 0.6 is 11.6 Å². The molecule has 2 atom stereocenters. The van der Waals surface area contributed by atoms with Crippen LogP contribution in [0.25, 0.3) is 0 Å². The van der Waals surface area contributed by atoms with Crippen LogP contribution in [0.2, 0.25) is 5.02 Å². The largest absolute Gasteiger partial charge is 0.452 e. The molecule has 1 aliphatic carbocycles. The zero-order valence-corrected chi connectivity index (χ0v) is 12.6. The van der Waals surface area contributed by atoms with Crippen LogP contribution in [0.15, 0.2) is 36.4 Å². The SMILES string of the molecule is C[C@H](OC(=O)[C@H]1CC=CCC1)C(=O)Nc1ccccc1Cl. The Balaban J connectivity index is 1.89. The number of anilines is 1. The molecule has 1 aromatic rings. The number of nitrogens with one attached hydrogen (secondary N) is 1. The molecular formula is C16H18ClNO3. The number of allylic oxidation sites excluding steroid dienone is 2. The van der Waals surface area contributed by atoms with E-state index in [9.17, 15) is 9.59 Å². The van der Waals surface area contributed by atoms with Crippen molar-refractivity contribution < 1.29 is 14.3 Å². The maximum atomic E-state index is 12.0. The summed E-state index contributed by atoms with van der Waals surface area (Å²) in [6.45, 7) is 1.56. The highest BCUT2D eigenvalue weighted by atomic mass is 35.5. The summed E-state index contributed by atoms with van der Waals surface area (Å²) in [7, 11) is 0. The summed E-state index contributed by atoms with van der Waals surface area (Å²) in [5, 5.41) is 3.10. The maximum absolute atomic E-state index is 12.0. The quantitative estimate of drug-likeness (QED) is 0.683. The number of carbonyl (C=O) groups excluding carboxylic acids is 2. The second-order valence-electron chi connectivity index (χ2n) is 5.03. The van der Waals surface area contributed by atoms with E-state index in [0.717, 1.165) is 12.8 Å². The molecule has 21 heavy (non-hydrogen) atoms. The highest BCUT2D eigenvalue weighted by Crippen LogP contribution is 2.22. The molecule has 2 rings (SSSR count). The van der Waals surface area contributed by atoms with Gasteiger partial charge in [0, 0.05) is 0 Å². The van der Waals surface area contributed by atoms with Crippen LogP contribution in [0, 0.1) is 5.92 Å². The number of esters is 1. The Morgan fingerprint density at radius 3 is 2.76 bits per heavy atom. The van der Waals surface area contributed by atoms with E-state index in [0.29, 0.717) is 17.1 Å². The minimum absolute atomic E-state index is 0.148. The summed E-state index contributed by atoms with van der Waals surface area (Å²) in [5.74, 6) is -0.852. The van der Waals surface area contributed by atoms with Gasteiger partial charge in [-0.3, -0.25) is 9.59 Å². The number of benzene rings is 1. The molecule has 1 amide bonds. The number of para-hydroxylation sites is 1. The fourth-order valence-corrected chi connectivity index (χ4v) is 2.31. The van der Waals surface area contributed by atoms with Crippen molar-refractivity contribution in [1.82, 2.24) is 0 Å². The molecular weight excluding hydrogens is 290 g/mol. The third-order valence-corrected chi connectivity index (χ3v) is 3.73. The van der Waals surface area contributed by atoms with Gasteiger partial charge < -0.3 is 10.1 Å². The van der Waals surface area contributed by atoms with Crippen LogP contribution in [0.3, 0.4) is 0 Å². The molecule has 0 aromatic heterocycles. The van der Waals surface area contributed by atoms with Crippen molar-refractivity contribution in [2.45, 2.75) is 32.3 Å². The summed E-state index contributed by atoms with van der Waals surface area (Å²) in [6.07, 6.45) is 5.51. The van der Waals surface area contributed by atoms with Gasteiger partial charge in [0.15, 0.2) is 6.10 Å². The summed E-state index contributed by atoms with van der Waals surface area (Å²) in [5.41, 5.74) is 0.507. The Morgan fingerprint density at radius 2 is 2.10 bits per heavy atom.